The van der Waals surface area contributed by atoms with Crippen LogP contribution in [0.25, 0.3) is 5.70 Å². The fraction of sp³-hybridized carbons (Fsp3) is 0.619. The van der Waals surface area contributed by atoms with Crippen LogP contribution in [0.2, 0.25) is 0 Å². The lowest BCUT2D eigenvalue weighted by Crippen LogP contribution is -2.47. The number of sulfonamides is 1. The zero-order valence-corrected chi connectivity index (χ0v) is 16.7. The molecule has 5 rings (SSSR count). The van der Waals surface area contributed by atoms with E-state index in [0.29, 0.717) is 13.1 Å². The molecule has 3 atom stereocenters. The zero-order valence-electron chi connectivity index (χ0n) is 15.8. The van der Waals surface area contributed by atoms with Crippen molar-refractivity contribution >= 4 is 15.7 Å². The van der Waals surface area contributed by atoms with Crippen LogP contribution in [0.1, 0.15) is 49.3 Å². The number of benzene rings is 1. The third kappa shape index (κ3) is 2.60. The van der Waals surface area contributed by atoms with Gasteiger partial charge in [-0.1, -0.05) is 30.3 Å². The Bertz CT molecular complexity index is 886. The van der Waals surface area contributed by atoms with E-state index >= 15 is 0 Å². The van der Waals surface area contributed by atoms with Gasteiger partial charge < -0.3 is 10.0 Å². The van der Waals surface area contributed by atoms with Crippen LogP contribution >= 0.6 is 0 Å². The third-order valence-electron chi connectivity index (χ3n) is 7.51. The van der Waals surface area contributed by atoms with Crippen molar-refractivity contribution in [2.75, 3.05) is 25.9 Å². The van der Waals surface area contributed by atoms with Crippen LogP contribution in [-0.2, 0) is 10.0 Å². The maximum absolute atomic E-state index is 11.9. The van der Waals surface area contributed by atoms with Crippen LogP contribution in [0.15, 0.2) is 30.3 Å². The highest BCUT2D eigenvalue weighted by molar-refractivity contribution is 7.88. The summed E-state index contributed by atoms with van der Waals surface area (Å²) in [5.74, 6) is 0.222. The third-order valence-corrected chi connectivity index (χ3v) is 8.81. The second-order valence-corrected chi connectivity index (χ2v) is 10.8. The highest BCUT2D eigenvalue weighted by Gasteiger charge is 2.54. The van der Waals surface area contributed by atoms with E-state index in [9.17, 15) is 13.5 Å². The van der Waals surface area contributed by atoms with Gasteiger partial charge in [0.25, 0.3) is 0 Å². The molecule has 3 heterocycles. The Hall–Kier alpha value is -1.37. The number of piperidine rings is 1. The molecule has 1 aromatic carbocycles. The lowest BCUT2D eigenvalue weighted by atomic mass is 9.73. The molecule has 27 heavy (non-hydrogen) atoms. The van der Waals surface area contributed by atoms with Crippen molar-refractivity contribution < 1.29 is 13.5 Å². The lowest BCUT2D eigenvalue weighted by Gasteiger charge is -2.42. The molecule has 0 radical (unpaired) electrons. The van der Waals surface area contributed by atoms with Crippen molar-refractivity contribution in [2.45, 2.75) is 44.2 Å². The molecule has 146 valence electrons. The highest BCUT2D eigenvalue weighted by Crippen LogP contribution is 2.57. The summed E-state index contributed by atoms with van der Waals surface area (Å²) in [6.45, 7) is 2.12. The number of hydrogen-bond donors (Lipinski definition) is 1. The molecule has 0 bridgehead atoms. The zero-order chi connectivity index (χ0) is 18.8. The van der Waals surface area contributed by atoms with Crippen molar-refractivity contribution in [3.8, 4) is 0 Å². The molecule has 3 aliphatic heterocycles. The number of aliphatic hydroxyl groups is 1. The topological polar surface area (TPSA) is 60.9 Å². The Kier molecular flexibility index (Phi) is 3.98. The maximum Gasteiger partial charge on any atom is 0.211 e. The van der Waals surface area contributed by atoms with E-state index in [1.807, 2.05) is 0 Å². The summed E-state index contributed by atoms with van der Waals surface area (Å²) in [4.78, 5) is 2.50. The molecule has 0 amide bonds. The van der Waals surface area contributed by atoms with Crippen LogP contribution in [0.3, 0.4) is 0 Å². The molecule has 1 N–H and O–H groups in total. The Labute approximate surface area is 161 Å². The van der Waals surface area contributed by atoms with Crippen LogP contribution in [0.5, 0.6) is 0 Å². The molecule has 5 nitrogen and oxygen atoms in total. The fourth-order valence-corrected chi connectivity index (χ4v) is 6.95. The van der Waals surface area contributed by atoms with E-state index in [2.05, 4.69) is 35.2 Å². The Morgan fingerprint density at radius 1 is 1.11 bits per heavy atom. The van der Waals surface area contributed by atoms with Crippen molar-refractivity contribution in [1.29, 1.82) is 0 Å². The second kappa shape index (κ2) is 6.06. The average molecular weight is 389 g/mol. The van der Waals surface area contributed by atoms with Crippen molar-refractivity contribution in [3.05, 3.63) is 41.5 Å². The molecule has 0 unspecified atom stereocenters. The first-order valence-electron chi connectivity index (χ1n) is 10.1. The largest absolute Gasteiger partial charge is 0.392 e. The molecule has 1 aliphatic carbocycles. The van der Waals surface area contributed by atoms with Gasteiger partial charge in [0, 0.05) is 36.8 Å². The minimum absolute atomic E-state index is 0.118. The summed E-state index contributed by atoms with van der Waals surface area (Å²) in [6, 6.07) is 8.91. The smallest absolute Gasteiger partial charge is 0.211 e. The van der Waals surface area contributed by atoms with E-state index in [4.69, 9.17) is 0 Å². The van der Waals surface area contributed by atoms with Crippen molar-refractivity contribution in [1.82, 2.24) is 9.21 Å². The van der Waals surface area contributed by atoms with Crippen LogP contribution in [0.4, 0.5) is 0 Å². The van der Waals surface area contributed by atoms with Crippen molar-refractivity contribution in [3.63, 3.8) is 0 Å². The Balaban J connectivity index is 1.41. The first-order chi connectivity index (χ1) is 12.9. The normalized spacial score (nSPS) is 32.6. The molecule has 6 heteroatoms. The molecular formula is C21H28N2O3S. The first-order valence-corrected chi connectivity index (χ1v) is 11.9. The average Bonchev–Trinajstić information content (AvgIpc) is 3.30. The summed E-state index contributed by atoms with van der Waals surface area (Å²) in [5, 5.41) is 11.4. The lowest BCUT2D eigenvalue weighted by molar-refractivity contribution is -0.0225. The minimum Gasteiger partial charge on any atom is -0.392 e. The molecule has 1 aromatic rings. The van der Waals surface area contributed by atoms with Gasteiger partial charge in [0.15, 0.2) is 0 Å². The molecular weight excluding hydrogens is 360 g/mol. The van der Waals surface area contributed by atoms with E-state index in [0.717, 1.165) is 38.6 Å². The number of rotatable bonds is 2. The molecule has 1 saturated heterocycles. The maximum atomic E-state index is 11.9. The number of nitrogens with zero attached hydrogens (tertiary/aromatic N) is 2. The summed E-state index contributed by atoms with van der Waals surface area (Å²) >= 11 is 0. The van der Waals surface area contributed by atoms with Gasteiger partial charge in [-0.3, -0.25) is 0 Å². The fourth-order valence-electron chi connectivity index (χ4n) is 6.10. The van der Waals surface area contributed by atoms with E-state index in [1.54, 1.807) is 4.31 Å². The SMILES string of the molecule is CS(=O)(=O)N1CCC2(CC[C@@H]([C@@H]3c4ccccc4C4=CCCN43)[C@@H]2O)CC1. The predicted octanol–water partition coefficient (Wildman–Crippen LogP) is 2.60. The molecule has 4 aliphatic rings. The van der Waals surface area contributed by atoms with Gasteiger partial charge in [0.05, 0.1) is 18.4 Å². The number of aliphatic hydroxyl groups excluding tert-OH is 1. The van der Waals surface area contributed by atoms with Gasteiger partial charge in [-0.05, 0) is 43.1 Å². The first kappa shape index (κ1) is 17.7. The van der Waals surface area contributed by atoms with Crippen LogP contribution in [0, 0.1) is 11.3 Å². The minimum atomic E-state index is -3.13. The molecule has 1 saturated carbocycles. The van der Waals surface area contributed by atoms with Crippen LogP contribution < -0.4 is 0 Å². The van der Waals surface area contributed by atoms with Crippen LogP contribution in [-0.4, -0.2) is 54.7 Å². The van der Waals surface area contributed by atoms with Crippen molar-refractivity contribution in [2.24, 2.45) is 11.3 Å². The molecule has 2 fully saturated rings. The van der Waals surface area contributed by atoms with Gasteiger partial charge in [-0.15, -0.1) is 0 Å². The quantitative estimate of drug-likeness (QED) is 0.846. The summed E-state index contributed by atoms with van der Waals surface area (Å²) < 4.78 is 25.3. The summed E-state index contributed by atoms with van der Waals surface area (Å²) in [6.07, 6.45) is 7.90. The summed E-state index contributed by atoms with van der Waals surface area (Å²) in [7, 11) is -3.13. The van der Waals surface area contributed by atoms with E-state index in [1.165, 1.54) is 23.1 Å². The van der Waals surface area contributed by atoms with Gasteiger partial charge in [0.1, 0.15) is 0 Å². The second-order valence-electron chi connectivity index (χ2n) is 8.78. The number of fused-ring (bicyclic) bond motifs is 3. The molecule has 1 spiro atoms. The number of hydrogen-bond acceptors (Lipinski definition) is 4. The Morgan fingerprint density at radius 2 is 1.85 bits per heavy atom. The van der Waals surface area contributed by atoms with Gasteiger partial charge in [0.2, 0.25) is 10.0 Å². The highest BCUT2D eigenvalue weighted by atomic mass is 32.2. The standard InChI is InChI=1S/C21H28N2O3S/c1-27(25,26)22-13-10-21(11-14-22)9-8-17(20(21)24)19-16-6-3-2-5-15(16)18-7-4-12-23(18)19/h2-3,5-7,17,19-20,24H,4,8-14H2,1H3/t17-,19-,20-/m0/s1. The monoisotopic (exact) mass is 388 g/mol. The Morgan fingerprint density at radius 3 is 2.59 bits per heavy atom. The van der Waals surface area contributed by atoms with Gasteiger partial charge in [-0.2, -0.15) is 0 Å². The predicted molar refractivity (Wildman–Crippen MR) is 105 cm³/mol. The van der Waals surface area contributed by atoms with E-state index < -0.39 is 10.0 Å². The summed E-state index contributed by atoms with van der Waals surface area (Å²) in [5.41, 5.74) is 3.92. The van der Waals surface area contributed by atoms with Gasteiger partial charge >= 0.3 is 0 Å². The molecule has 0 aromatic heterocycles. The van der Waals surface area contributed by atoms with E-state index in [-0.39, 0.29) is 23.5 Å². The van der Waals surface area contributed by atoms with Gasteiger partial charge in [-0.25, -0.2) is 12.7 Å².